The van der Waals surface area contributed by atoms with Gasteiger partial charge < -0.3 is 15.4 Å². The molecule has 0 atom stereocenters. The van der Waals surface area contributed by atoms with E-state index in [0.29, 0.717) is 18.0 Å². The molecule has 4 nitrogen and oxygen atoms in total. The van der Waals surface area contributed by atoms with Crippen molar-refractivity contribution in [3.63, 3.8) is 0 Å². The standard InChI is InChI=1S/C18H21FN2O2/c1-13-3-8-17(23-2)16(11-13)21-18(22)12-20-10-9-14-4-6-15(19)7-5-14/h3-8,11,20H,9-10,12H2,1-2H3,(H,21,22). The molecule has 0 spiro atoms. The summed E-state index contributed by atoms with van der Waals surface area (Å²) in [6.45, 7) is 2.80. The second-order valence-electron chi connectivity index (χ2n) is 5.31. The van der Waals surface area contributed by atoms with Gasteiger partial charge in [0.05, 0.1) is 19.3 Å². The maximum atomic E-state index is 12.8. The number of benzene rings is 2. The van der Waals surface area contributed by atoms with Crippen molar-refractivity contribution in [2.24, 2.45) is 0 Å². The molecule has 1 amide bonds. The highest BCUT2D eigenvalue weighted by Gasteiger charge is 2.07. The maximum absolute atomic E-state index is 12.8. The van der Waals surface area contributed by atoms with E-state index in [0.717, 1.165) is 17.5 Å². The van der Waals surface area contributed by atoms with Gasteiger partial charge in [-0.3, -0.25) is 4.79 Å². The minimum atomic E-state index is -0.242. The molecule has 0 aliphatic rings. The van der Waals surface area contributed by atoms with E-state index < -0.39 is 0 Å². The molecule has 0 aromatic heterocycles. The van der Waals surface area contributed by atoms with Gasteiger partial charge >= 0.3 is 0 Å². The van der Waals surface area contributed by atoms with Gasteiger partial charge in [0.25, 0.3) is 0 Å². The van der Waals surface area contributed by atoms with Gasteiger partial charge in [0.15, 0.2) is 0 Å². The zero-order valence-electron chi connectivity index (χ0n) is 13.4. The lowest BCUT2D eigenvalue weighted by molar-refractivity contribution is -0.115. The minimum Gasteiger partial charge on any atom is -0.495 e. The smallest absolute Gasteiger partial charge is 0.238 e. The summed E-state index contributed by atoms with van der Waals surface area (Å²) in [7, 11) is 1.57. The molecule has 0 aliphatic carbocycles. The van der Waals surface area contributed by atoms with Crippen LogP contribution in [0.4, 0.5) is 10.1 Å². The lowest BCUT2D eigenvalue weighted by atomic mass is 10.1. The summed E-state index contributed by atoms with van der Waals surface area (Å²) in [6.07, 6.45) is 0.737. The fourth-order valence-electron chi connectivity index (χ4n) is 2.20. The van der Waals surface area contributed by atoms with Crippen LogP contribution in [-0.2, 0) is 11.2 Å². The van der Waals surface area contributed by atoms with Crippen LogP contribution in [0.2, 0.25) is 0 Å². The number of ether oxygens (including phenoxy) is 1. The molecule has 23 heavy (non-hydrogen) atoms. The number of halogens is 1. The Morgan fingerprint density at radius 2 is 1.91 bits per heavy atom. The largest absolute Gasteiger partial charge is 0.495 e. The van der Waals surface area contributed by atoms with Crippen molar-refractivity contribution in [3.8, 4) is 5.75 Å². The van der Waals surface area contributed by atoms with Gasteiger partial charge in [0, 0.05) is 0 Å². The van der Waals surface area contributed by atoms with Crippen molar-refractivity contribution in [1.29, 1.82) is 0 Å². The SMILES string of the molecule is COc1ccc(C)cc1NC(=O)CNCCc1ccc(F)cc1. The average Bonchev–Trinajstić information content (AvgIpc) is 2.53. The molecule has 2 aromatic carbocycles. The van der Waals surface area contributed by atoms with Gasteiger partial charge in [-0.15, -0.1) is 0 Å². The number of anilines is 1. The molecule has 0 saturated carbocycles. The van der Waals surface area contributed by atoms with Crippen molar-refractivity contribution in [1.82, 2.24) is 5.32 Å². The minimum absolute atomic E-state index is 0.131. The second-order valence-corrected chi connectivity index (χ2v) is 5.31. The topological polar surface area (TPSA) is 50.4 Å². The fraction of sp³-hybridized carbons (Fsp3) is 0.278. The van der Waals surface area contributed by atoms with Crippen LogP contribution in [0.15, 0.2) is 42.5 Å². The third kappa shape index (κ3) is 5.38. The molecule has 5 heteroatoms. The van der Waals surface area contributed by atoms with Crippen LogP contribution in [0.1, 0.15) is 11.1 Å². The normalized spacial score (nSPS) is 10.4. The highest BCUT2D eigenvalue weighted by Crippen LogP contribution is 2.24. The predicted octanol–water partition coefficient (Wildman–Crippen LogP) is 2.91. The summed E-state index contributed by atoms with van der Waals surface area (Å²) in [5.74, 6) is 0.261. The summed E-state index contributed by atoms with van der Waals surface area (Å²) in [5, 5.41) is 5.91. The Morgan fingerprint density at radius 3 is 2.61 bits per heavy atom. The molecule has 2 aromatic rings. The lowest BCUT2D eigenvalue weighted by Gasteiger charge is -2.11. The second kappa shape index (κ2) is 8.29. The van der Waals surface area contributed by atoms with Crippen LogP contribution in [0.25, 0.3) is 0 Å². The first kappa shape index (κ1) is 17.0. The zero-order valence-corrected chi connectivity index (χ0v) is 13.4. The summed E-state index contributed by atoms with van der Waals surface area (Å²) >= 11 is 0. The number of hydrogen-bond acceptors (Lipinski definition) is 3. The van der Waals surface area contributed by atoms with Crippen molar-refractivity contribution >= 4 is 11.6 Å². The molecular weight excluding hydrogens is 295 g/mol. The Labute approximate surface area is 135 Å². The van der Waals surface area contributed by atoms with Crippen molar-refractivity contribution < 1.29 is 13.9 Å². The summed E-state index contributed by atoms with van der Waals surface area (Å²) in [5.41, 5.74) is 2.74. The summed E-state index contributed by atoms with van der Waals surface area (Å²) < 4.78 is 18.0. The summed E-state index contributed by atoms with van der Waals surface area (Å²) in [4.78, 5) is 12.0. The van der Waals surface area contributed by atoms with E-state index >= 15 is 0 Å². The van der Waals surface area contributed by atoms with Crippen LogP contribution in [0.5, 0.6) is 5.75 Å². The average molecular weight is 316 g/mol. The molecule has 2 rings (SSSR count). The van der Waals surface area contributed by atoms with Gasteiger partial charge in [0.1, 0.15) is 11.6 Å². The Hall–Kier alpha value is -2.40. The molecule has 0 heterocycles. The van der Waals surface area contributed by atoms with Crippen molar-refractivity contribution in [2.75, 3.05) is 25.5 Å². The van der Waals surface area contributed by atoms with Gasteiger partial charge in [-0.1, -0.05) is 18.2 Å². The Balaban J connectivity index is 1.77. The number of hydrogen-bond donors (Lipinski definition) is 2. The Kier molecular flexibility index (Phi) is 6.11. The third-order valence-electron chi connectivity index (χ3n) is 3.42. The van der Waals surface area contributed by atoms with Crippen molar-refractivity contribution in [2.45, 2.75) is 13.3 Å². The maximum Gasteiger partial charge on any atom is 0.238 e. The quantitative estimate of drug-likeness (QED) is 0.772. The summed E-state index contributed by atoms with van der Waals surface area (Å²) in [6, 6.07) is 12.0. The molecule has 2 N–H and O–H groups in total. The van der Waals surface area contributed by atoms with Gasteiger partial charge in [0.2, 0.25) is 5.91 Å². The monoisotopic (exact) mass is 316 g/mol. The molecule has 0 unspecified atom stereocenters. The number of aryl methyl sites for hydroxylation is 1. The zero-order chi connectivity index (χ0) is 16.7. The first-order valence-corrected chi connectivity index (χ1v) is 7.48. The van der Waals surface area contributed by atoms with E-state index in [4.69, 9.17) is 4.74 Å². The number of methoxy groups -OCH3 is 1. The Bertz CT molecular complexity index is 657. The van der Waals surface area contributed by atoms with E-state index in [-0.39, 0.29) is 18.3 Å². The molecule has 0 fully saturated rings. The Morgan fingerprint density at radius 1 is 1.17 bits per heavy atom. The fourth-order valence-corrected chi connectivity index (χ4v) is 2.20. The number of rotatable bonds is 7. The predicted molar refractivity (Wildman–Crippen MR) is 89.3 cm³/mol. The molecule has 0 bridgehead atoms. The van der Waals surface area contributed by atoms with E-state index in [1.807, 2.05) is 25.1 Å². The van der Waals surface area contributed by atoms with E-state index in [2.05, 4.69) is 10.6 Å². The highest BCUT2D eigenvalue weighted by atomic mass is 19.1. The van der Waals surface area contributed by atoms with E-state index in [1.165, 1.54) is 12.1 Å². The van der Waals surface area contributed by atoms with Crippen LogP contribution < -0.4 is 15.4 Å². The van der Waals surface area contributed by atoms with Crippen LogP contribution in [0.3, 0.4) is 0 Å². The number of nitrogens with one attached hydrogen (secondary N) is 2. The van der Waals surface area contributed by atoms with Gasteiger partial charge in [-0.05, 0) is 55.3 Å². The highest BCUT2D eigenvalue weighted by molar-refractivity contribution is 5.93. The molecular formula is C18H21FN2O2. The lowest BCUT2D eigenvalue weighted by Crippen LogP contribution is -2.29. The van der Waals surface area contributed by atoms with Crippen molar-refractivity contribution in [3.05, 3.63) is 59.4 Å². The van der Waals surface area contributed by atoms with Crippen LogP contribution in [-0.4, -0.2) is 26.1 Å². The van der Waals surface area contributed by atoms with Crippen LogP contribution >= 0.6 is 0 Å². The first-order chi connectivity index (χ1) is 11.1. The number of amides is 1. The van der Waals surface area contributed by atoms with Gasteiger partial charge in [-0.25, -0.2) is 4.39 Å². The first-order valence-electron chi connectivity index (χ1n) is 7.48. The van der Waals surface area contributed by atoms with E-state index in [1.54, 1.807) is 19.2 Å². The molecule has 0 radical (unpaired) electrons. The molecule has 122 valence electrons. The molecule has 0 aliphatic heterocycles. The molecule has 0 saturated heterocycles. The number of carbonyl (C=O) groups excluding carboxylic acids is 1. The van der Waals surface area contributed by atoms with Crippen LogP contribution in [0, 0.1) is 12.7 Å². The third-order valence-corrected chi connectivity index (χ3v) is 3.42. The van der Waals surface area contributed by atoms with Gasteiger partial charge in [-0.2, -0.15) is 0 Å². The number of carbonyl (C=O) groups is 1. The van der Waals surface area contributed by atoms with E-state index in [9.17, 15) is 9.18 Å².